The summed E-state index contributed by atoms with van der Waals surface area (Å²) in [5.74, 6) is -1.64. The molecule has 0 spiro atoms. The number of aliphatic carboxylic acids is 1. The van der Waals surface area contributed by atoms with E-state index in [2.05, 4.69) is 21.2 Å². The number of nitriles is 1. The Morgan fingerprint density at radius 3 is 2.47 bits per heavy atom. The quantitative estimate of drug-likeness (QED) is 0.869. The first kappa shape index (κ1) is 15.2. The number of amides is 1. The van der Waals surface area contributed by atoms with E-state index < -0.39 is 17.4 Å². The maximum absolute atomic E-state index is 12.0. The van der Waals surface area contributed by atoms with Crippen molar-refractivity contribution in [1.29, 1.82) is 5.26 Å². The molecule has 1 unspecified atom stereocenters. The molecule has 0 aliphatic rings. The summed E-state index contributed by atoms with van der Waals surface area (Å²) >= 11 is 3.25. The van der Waals surface area contributed by atoms with Gasteiger partial charge in [0.25, 0.3) is 5.91 Å². The number of hydrogen-bond acceptors (Lipinski definition) is 3. The van der Waals surface area contributed by atoms with Crippen molar-refractivity contribution in [3.63, 3.8) is 0 Å². The van der Waals surface area contributed by atoms with Gasteiger partial charge in [-0.3, -0.25) is 4.79 Å². The molecule has 0 radical (unpaired) electrons. The Labute approximate surface area is 119 Å². The molecule has 5 nitrogen and oxygen atoms in total. The SMILES string of the molecule is CC(CCC#N)(NC(=O)c1ccc(Br)cc1)C(=O)O. The number of nitrogens with zero attached hydrogens (tertiary/aromatic N) is 1. The molecule has 1 aromatic carbocycles. The first-order valence-corrected chi connectivity index (χ1v) is 6.37. The van der Waals surface area contributed by atoms with E-state index in [-0.39, 0.29) is 12.8 Å². The summed E-state index contributed by atoms with van der Waals surface area (Å²) in [5.41, 5.74) is -1.08. The zero-order chi connectivity index (χ0) is 14.5. The van der Waals surface area contributed by atoms with E-state index in [1.54, 1.807) is 24.3 Å². The van der Waals surface area contributed by atoms with Crippen molar-refractivity contribution in [1.82, 2.24) is 5.32 Å². The predicted octanol–water partition coefficient (Wildman–Crippen LogP) is 2.33. The highest BCUT2D eigenvalue weighted by atomic mass is 79.9. The van der Waals surface area contributed by atoms with E-state index in [0.29, 0.717) is 5.56 Å². The van der Waals surface area contributed by atoms with E-state index in [9.17, 15) is 9.59 Å². The number of nitrogens with one attached hydrogen (secondary N) is 1. The van der Waals surface area contributed by atoms with Crippen LogP contribution >= 0.6 is 15.9 Å². The molecule has 1 atom stereocenters. The molecular weight excluding hydrogens is 312 g/mol. The van der Waals surface area contributed by atoms with Crippen molar-refractivity contribution in [3.8, 4) is 6.07 Å². The maximum atomic E-state index is 12.0. The van der Waals surface area contributed by atoms with Gasteiger partial charge in [0.05, 0.1) is 6.07 Å². The highest BCUT2D eigenvalue weighted by Crippen LogP contribution is 2.15. The second-order valence-corrected chi connectivity index (χ2v) is 5.17. The Morgan fingerprint density at radius 1 is 1.42 bits per heavy atom. The molecule has 0 heterocycles. The summed E-state index contributed by atoms with van der Waals surface area (Å²) < 4.78 is 0.828. The van der Waals surface area contributed by atoms with Crippen molar-refractivity contribution in [2.24, 2.45) is 0 Å². The highest BCUT2D eigenvalue weighted by molar-refractivity contribution is 9.10. The smallest absolute Gasteiger partial charge is 0.329 e. The van der Waals surface area contributed by atoms with Gasteiger partial charge in [-0.05, 0) is 37.6 Å². The molecule has 0 fully saturated rings. The first-order valence-electron chi connectivity index (χ1n) is 5.57. The number of carbonyl (C=O) groups excluding carboxylic acids is 1. The van der Waals surface area contributed by atoms with Crippen molar-refractivity contribution in [2.75, 3.05) is 0 Å². The van der Waals surface area contributed by atoms with Crippen LogP contribution < -0.4 is 5.32 Å². The molecular formula is C13H13BrN2O3. The van der Waals surface area contributed by atoms with Gasteiger partial charge in [-0.25, -0.2) is 4.79 Å². The zero-order valence-corrected chi connectivity index (χ0v) is 11.9. The average Bonchev–Trinajstić information content (AvgIpc) is 2.36. The summed E-state index contributed by atoms with van der Waals surface area (Å²) in [6.07, 6.45) is 0.116. The molecule has 0 saturated carbocycles. The van der Waals surface area contributed by atoms with Crippen molar-refractivity contribution in [3.05, 3.63) is 34.3 Å². The lowest BCUT2D eigenvalue weighted by molar-refractivity contribution is -0.144. The van der Waals surface area contributed by atoms with Gasteiger partial charge in [-0.2, -0.15) is 5.26 Å². The van der Waals surface area contributed by atoms with Gasteiger partial charge in [0.1, 0.15) is 5.54 Å². The highest BCUT2D eigenvalue weighted by Gasteiger charge is 2.34. The number of carbonyl (C=O) groups is 2. The fourth-order valence-electron chi connectivity index (χ4n) is 1.45. The topological polar surface area (TPSA) is 90.2 Å². The molecule has 6 heteroatoms. The fraction of sp³-hybridized carbons (Fsp3) is 0.308. The van der Waals surface area contributed by atoms with Crippen LogP contribution in [0.3, 0.4) is 0 Å². The fourth-order valence-corrected chi connectivity index (χ4v) is 1.72. The third kappa shape index (κ3) is 4.07. The van der Waals surface area contributed by atoms with Crippen LogP contribution in [0, 0.1) is 11.3 Å². The van der Waals surface area contributed by atoms with Crippen LogP contribution in [0.5, 0.6) is 0 Å². The first-order chi connectivity index (χ1) is 8.89. The third-order valence-electron chi connectivity index (χ3n) is 2.70. The Bertz CT molecular complexity index is 522. The standard InChI is InChI=1S/C13H13BrN2O3/c1-13(12(18)19,7-2-8-15)16-11(17)9-3-5-10(14)6-4-9/h3-6H,2,7H2,1H3,(H,16,17)(H,18,19). The molecule has 0 aliphatic heterocycles. The molecule has 1 rings (SSSR count). The summed E-state index contributed by atoms with van der Waals surface area (Å²) in [6.45, 7) is 1.39. The van der Waals surface area contributed by atoms with Crippen LogP contribution in [0.25, 0.3) is 0 Å². The lowest BCUT2D eigenvalue weighted by Crippen LogP contribution is -2.52. The summed E-state index contributed by atoms with van der Waals surface area (Å²) in [7, 11) is 0. The van der Waals surface area contributed by atoms with Gasteiger partial charge in [0, 0.05) is 16.5 Å². The van der Waals surface area contributed by atoms with E-state index in [1.165, 1.54) is 6.92 Å². The molecule has 19 heavy (non-hydrogen) atoms. The number of carboxylic acid groups (broad SMARTS) is 1. The number of rotatable bonds is 5. The zero-order valence-electron chi connectivity index (χ0n) is 10.3. The predicted molar refractivity (Wildman–Crippen MR) is 72.5 cm³/mol. The van der Waals surface area contributed by atoms with Gasteiger partial charge in [0.2, 0.25) is 0 Å². The lowest BCUT2D eigenvalue weighted by Gasteiger charge is -2.25. The Kier molecular flexibility index (Phi) is 5.07. The number of hydrogen-bond donors (Lipinski definition) is 2. The minimum atomic E-state index is -1.44. The van der Waals surface area contributed by atoms with Gasteiger partial charge in [-0.15, -0.1) is 0 Å². The normalized spacial score (nSPS) is 13.1. The van der Waals surface area contributed by atoms with Crippen LogP contribution in [0.1, 0.15) is 30.1 Å². The van der Waals surface area contributed by atoms with Gasteiger partial charge < -0.3 is 10.4 Å². The van der Waals surface area contributed by atoms with E-state index >= 15 is 0 Å². The Morgan fingerprint density at radius 2 is 2.00 bits per heavy atom. The third-order valence-corrected chi connectivity index (χ3v) is 3.23. The van der Waals surface area contributed by atoms with Gasteiger partial charge in [0.15, 0.2) is 0 Å². The van der Waals surface area contributed by atoms with Gasteiger partial charge >= 0.3 is 5.97 Å². The minimum absolute atomic E-state index is 0.0566. The van der Waals surface area contributed by atoms with Gasteiger partial charge in [-0.1, -0.05) is 15.9 Å². The van der Waals surface area contributed by atoms with Crippen LogP contribution in [0.2, 0.25) is 0 Å². The summed E-state index contributed by atoms with van der Waals surface area (Å²) in [5, 5.41) is 20.2. The largest absolute Gasteiger partial charge is 0.480 e. The van der Waals surface area contributed by atoms with Crippen molar-refractivity contribution >= 4 is 27.8 Å². The molecule has 1 amide bonds. The van der Waals surface area contributed by atoms with E-state index in [4.69, 9.17) is 10.4 Å². The van der Waals surface area contributed by atoms with Crippen molar-refractivity contribution in [2.45, 2.75) is 25.3 Å². The average molecular weight is 325 g/mol. The van der Waals surface area contributed by atoms with Crippen LogP contribution in [0.4, 0.5) is 0 Å². The molecule has 0 saturated heterocycles. The minimum Gasteiger partial charge on any atom is -0.480 e. The molecule has 0 bridgehead atoms. The second-order valence-electron chi connectivity index (χ2n) is 4.26. The maximum Gasteiger partial charge on any atom is 0.329 e. The van der Waals surface area contributed by atoms with E-state index in [0.717, 1.165) is 4.47 Å². The monoisotopic (exact) mass is 324 g/mol. The Hall–Kier alpha value is -1.87. The second kappa shape index (κ2) is 6.34. The molecule has 0 aromatic heterocycles. The number of carboxylic acids is 1. The summed E-state index contributed by atoms with van der Waals surface area (Å²) in [4.78, 5) is 23.2. The van der Waals surface area contributed by atoms with Crippen molar-refractivity contribution < 1.29 is 14.7 Å². The lowest BCUT2D eigenvalue weighted by atomic mass is 9.95. The summed E-state index contributed by atoms with van der Waals surface area (Å²) in [6, 6.07) is 8.45. The van der Waals surface area contributed by atoms with E-state index in [1.807, 2.05) is 6.07 Å². The molecule has 100 valence electrons. The Balaban J connectivity index is 2.85. The number of halogens is 1. The van der Waals surface area contributed by atoms with Crippen LogP contribution in [-0.2, 0) is 4.79 Å². The number of benzene rings is 1. The molecule has 2 N–H and O–H groups in total. The van der Waals surface area contributed by atoms with Crippen LogP contribution in [-0.4, -0.2) is 22.5 Å². The molecule has 1 aromatic rings. The molecule has 0 aliphatic carbocycles. The van der Waals surface area contributed by atoms with Crippen LogP contribution in [0.15, 0.2) is 28.7 Å².